The fraction of sp³-hybridized carbons (Fsp3) is 0.333. The zero-order valence-electron chi connectivity index (χ0n) is 16.4. The van der Waals surface area contributed by atoms with Crippen molar-refractivity contribution in [2.45, 2.75) is 20.3 Å². The maximum absolute atomic E-state index is 14.1. The molecule has 4 nitrogen and oxygen atoms in total. The van der Waals surface area contributed by atoms with Crippen LogP contribution in [0, 0.1) is 25.5 Å². The van der Waals surface area contributed by atoms with Gasteiger partial charge in [0.2, 0.25) is 0 Å². The second-order valence-electron chi connectivity index (χ2n) is 7.14. The van der Waals surface area contributed by atoms with Gasteiger partial charge in [0, 0.05) is 18.2 Å². The van der Waals surface area contributed by atoms with E-state index < -0.39 is 11.6 Å². The van der Waals surface area contributed by atoms with E-state index in [-0.39, 0.29) is 11.4 Å². The molecule has 1 amide bonds. The summed E-state index contributed by atoms with van der Waals surface area (Å²) in [6, 6.07) is 7.61. The molecule has 0 radical (unpaired) electrons. The number of carbonyl (C=O) groups is 1. The number of rotatable bonds is 6. The maximum Gasteiger partial charge on any atom is 0.260 e. The minimum Gasteiger partial charge on any atom is -0.309 e. The molecule has 1 aromatic heterocycles. The Balaban J connectivity index is 1.99. The number of benzene rings is 2. The molecule has 0 aliphatic heterocycles. The number of amides is 1. The lowest BCUT2D eigenvalue weighted by Gasteiger charge is -2.21. The molecule has 0 fully saturated rings. The summed E-state index contributed by atoms with van der Waals surface area (Å²) in [5, 5.41) is 0.376. The molecule has 0 spiro atoms. The fourth-order valence-corrected chi connectivity index (χ4v) is 3.95. The van der Waals surface area contributed by atoms with Crippen LogP contribution in [0.4, 0.5) is 13.9 Å². The summed E-state index contributed by atoms with van der Waals surface area (Å²) in [5.74, 6) is -1.56. The largest absolute Gasteiger partial charge is 0.309 e. The zero-order chi connectivity index (χ0) is 20.4. The number of nitrogens with zero attached hydrogens (tertiary/aromatic N) is 3. The van der Waals surface area contributed by atoms with Crippen LogP contribution in [0.3, 0.4) is 0 Å². The minimum absolute atomic E-state index is 0.0897. The van der Waals surface area contributed by atoms with Crippen LogP contribution < -0.4 is 4.90 Å². The van der Waals surface area contributed by atoms with E-state index in [4.69, 9.17) is 0 Å². The van der Waals surface area contributed by atoms with Crippen molar-refractivity contribution in [2.75, 3.05) is 32.1 Å². The molecule has 0 aliphatic carbocycles. The number of thiazole rings is 1. The molecular weight excluding hydrogens is 380 g/mol. The van der Waals surface area contributed by atoms with Crippen LogP contribution in [0.5, 0.6) is 0 Å². The molecule has 0 unspecified atom stereocenters. The highest BCUT2D eigenvalue weighted by atomic mass is 32.1. The van der Waals surface area contributed by atoms with Crippen molar-refractivity contribution in [1.29, 1.82) is 0 Å². The Morgan fingerprint density at radius 3 is 2.50 bits per heavy atom. The van der Waals surface area contributed by atoms with Gasteiger partial charge in [-0.1, -0.05) is 17.4 Å². The highest BCUT2D eigenvalue weighted by Crippen LogP contribution is 2.32. The Morgan fingerprint density at radius 2 is 1.82 bits per heavy atom. The van der Waals surface area contributed by atoms with Crippen molar-refractivity contribution in [1.82, 2.24) is 9.88 Å². The van der Waals surface area contributed by atoms with Crippen molar-refractivity contribution in [3.05, 3.63) is 58.7 Å². The molecule has 0 bridgehead atoms. The van der Waals surface area contributed by atoms with Gasteiger partial charge in [-0.2, -0.15) is 0 Å². The van der Waals surface area contributed by atoms with Crippen LogP contribution in [-0.4, -0.2) is 43.0 Å². The van der Waals surface area contributed by atoms with Crippen LogP contribution >= 0.6 is 11.3 Å². The third-order valence-electron chi connectivity index (χ3n) is 4.62. The average molecular weight is 403 g/mol. The summed E-state index contributed by atoms with van der Waals surface area (Å²) in [4.78, 5) is 21.1. The average Bonchev–Trinajstić information content (AvgIpc) is 3.04. The first-order valence-electron chi connectivity index (χ1n) is 9.05. The van der Waals surface area contributed by atoms with E-state index in [2.05, 4.69) is 4.98 Å². The molecule has 3 rings (SSSR count). The number of aromatic nitrogens is 1. The summed E-state index contributed by atoms with van der Waals surface area (Å²) >= 11 is 1.12. The van der Waals surface area contributed by atoms with Crippen LogP contribution in [0.15, 0.2) is 30.3 Å². The quantitative estimate of drug-likeness (QED) is 0.594. The third-order valence-corrected chi connectivity index (χ3v) is 5.64. The van der Waals surface area contributed by atoms with Gasteiger partial charge in [0.15, 0.2) is 10.9 Å². The van der Waals surface area contributed by atoms with Gasteiger partial charge >= 0.3 is 0 Å². The maximum atomic E-state index is 14.1. The van der Waals surface area contributed by atoms with Crippen molar-refractivity contribution in [2.24, 2.45) is 0 Å². The number of hydrogen-bond donors (Lipinski definition) is 0. The molecule has 0 N–H and O–H groups in total. The first-order valence-corrected chi connectivity index (χ1v) is 9.87. The van der Waals surface area contributed by atoms with E-state index in [1.165, 1.54) is 6.07 Å². The summed E-state index contributed by atoms with van der Waals surface area (Å²) in [6.07, 6.45) is 0.732. The number of carbonyl (C=O) groups excluding carboxylic acids is 1. The molecule has 0 saturated heterocycles. The van der Waals surface area contributed by atoms with E-state index in [0.29, 0.717) is 21.9 Å². The second kappa shape index (κ2) is 8.32. The number of halogens is 2. The molecule has 1 heterocycles. The number of aryl methyl sites for hydroxylation is 2. The topological polar surface area (TPSA) is 36.4 Å². The van der Waals surface area contributed by atoms with Crippen molar-refractivity contribution in [3.63, 3.8) is 0 Å². The van der Waals surface area contributed by atoms with Gasteiger partial charge in [0.25, 0.3) is 5.91 Å². The Morgan fingerprint density at radius 1 is 1.07 bits per heavy atom. The Labute approximate surface area is 167 Å². The van der Waals surface area contributed by atoms with Crippen LogP contribution in [0.25, 0.3) is 10.2 Å². The molecule has 3 aromatic rings. The van der Waals surface area contributed by atoms with E-state index in [1.54, 1.807) is 11.0 Å². The van der Waals surface area contributed by atoms with Crippen LogP contribution in [-0.2, 0) is 0 Å². The third kappa shape index (κ3) is 4.36. The van der Waals surface area contributed by atoms with Gasteiger partial charge < -0.3 is 4.90 Å². The summed E-state index contributed by atoms with van der Waals surface area (Å²) in [7, 11) is 3.93. The van der Waals surface area contributed by atoms with Crippen LogP contribution in [0.2, 0.25) is 0 Å². The molecular formula is C21H23F2N3OS. The van der Waals surface area contributed by atoms with Crippen molar-refractivity contribution >= 4 is 32.6 Å². The highest BCUT2D eigenvalue weighted by Gasteiger charge is 2.22. The van der Waals surface area contributed by atoms with E-state index in [0.717, 1.165) is 41.5 Å². The number of anilines is 1. The molecule has 2 aromatic carbocycles. The second-order valence-corrected chi connectivity index (χ2v) is 8.15. The predicted octanol–water partition coefficient (Wildman–Crippen LogP) is 4.79. The fourth-order valence-electron chi connectivity index (χ4n) is 2.92. The lowest BCUT2D eigenvalue weighted by Crippen LogP contribution is -2.33. The lowest BCUT2D eigenvalue weighted by molar-refractivity contribution is 0.0986. The molecule has 28 heavy (non-hydrogen) atoms. The highest BCUT2D eigenvalue weighted by molar-refractivity contribution is 7.22. The van der Waals surface area contributed by atoms with Gasteiger partial charge in [0.1, 0.15) is 11.3 Å². The van der Waals surface area contributed by atoms with Crippen LogP contribution in [0.1, 0.15) is 27.9 Å². The molecule has 7 heteroatoms. The van der Waals surface area contributed by atoms with Crippen molar-refractivity contribution < 1.29 is 13.6 Å². The molecule has 0 atom stereocenters. The van der Waals surface area contributed by atoms with Crippen molar-refractivity contribution in [3.8, 4) is 0 Å². The minimum atomic E-state index is -0.718. The SMILES string of the molecule is Cc1ccc(C(=O)N(CCCN(C)C)c2nc3c(F)cc(F)cc3s2)cc1C. The monoisotopic (exact) mass is 403 g/mol. The zero-order valence-corrected chi connectivity index (χ0v) is 17.2. The number of fused-ring (bicyclic) bond motifs is 1. The normalized spacial score (nSPS) is 11.4. The number of hydrogen-bond acceptors (Lipinski definition) is 4. The van der Waals surface area contributed by atoms with Gasteiger partial charge in [0.05, 0.1) is 4.70 Å². The van der Waals surface area contributed by atoms with E-state index in [9.17, 15) is 13.6 Å². The molecule has 148 valence electrons. The van der Waals surface area contributed by atoms with Gasteiger partial charge in [-0.15, -0.1) is 0 Å². The predicted molar refractivity (Wildman–Crippen MR) is 110 cm³/mol. The Hall–Kier alpha value is -2.38. The standard InChI is InChI=1S/C21H23F2N3OS/c1-13-6-7-15(10-14(13)2)20(27)26(9-5-8-25(3)4)21-24-19-17(23)11-16(22)12-18(19)28-21/h6-7,10-12H,5,8-9H2,1-4H3. The van der Waals surface area contributed by atoms with E-state index >= 15 is 0 Å². The molecule has 0 aliphatic rings. The van der Waals surface area contributed by atoms with Gasteiger partial charge in [-0.05, 0) is 70.2 Å². The Bertz CT molecular complexity index is 1020. The summed E-state index contributed by atoms with van der Waals surface area (Å²) in [6.45, 7) is 5.18. The van der Waals surface area contributed by atoms with Gasteiger partial charge in [-0.25, -0.2) is 13.8 Å². The Kier molecular flexibility index (Phi) is 6.05. The molecule has 0 saturated carbocycles. The van der Waals surface area contributed by atoms with E-state index in [1.807, 2.05) is 45.0 Å². The smallest absolute Gasteiger partial charge is 0.260 e. The first-order chi connectivity index (χ1) is 13.3. The first kappa shape index (κ1) is 20.4. The van der Waals surface area contributed by atoms with Gasteiger partial charge in [-0.3, -0.25) is 9.69 Å². The summed E-state index contributed by atoms with van der Waals surface area (Å²) < 4.78 is 28.0. The summed E-state index contributed by atoms with van der Waals surface area (Å²) in [5.41, 5.74) is 2.77. The lowest BCUT2D eigenvalue weighted by atomic mass is 10.1.